The highest BCUT2D eigenvalue weighted by Crippen LogP contribution is 2.25. The number of benzene rings is 1. The lowest BCUT2D eigenvalue weighted by Gasteiger charge is -2.25. The minimum atomic E-state index is 0.194. The number of hydrogen-bond donors (Lipinski definition) is 2. The second-order valence-corrected chi connectivity index (χ2v) is 5.62. The number of aromatic hydroxyl groups is 1. The van der Waals surface area contributed by atoms with Crippen LogP contribution in [0.4, 0.5) is 0 Å². The molecule has 1 heterocycles. The Balaban J connectivity index is 1.92. The van der Waals surface area contributed by atoms with Crippen LogP contribution in [0.1, 0.15) is 43.9 Å². The molecule has 1 aromatic rings. The minimum Gasteiger partial charge on any atom is -0.508 e. The fraction of sp³-hybridized carbons (Fsp3) is 0.625. The molecule has 3 heteroatoms. The summed E-state index contributed by atoms with van der Waals surface area (Å²) < 4.78 is 0. The number of phenolic OH excluding ortho intramolecular Hbond substituents is 1. The molecule has 0 bridgehead atoms. The molecular formula is C16H26N2O. The van der Waals surface area contributed by atoms with E-state index in [9.17, 15) is 5.11 Å². The zero-order valence-electron chi connectivity index (χ0n) is 12.3. The molecule has 3 nitrogen and oxygen atoms in total. The van der Waals surface area contributed by atoms with Gasteiger partial charge in [-0.05, 0) is 51.4 Å². The van der Waals surface area contributed by atoms with Gasteiger partial charge in [-0.2, -0.15) is 0 Å². The van der Waals surface area contributed by atoms with Crippen molar-refractivity contribution >= 4 is 0 Å². The first-order chi connectivity index (χ1) is 9.11. The van der Waals surface area contributed by atoms with Crippen LogP contribution in [0.2, 0.25) is 0 Å². The largest absolute Gasteiger partial charge is 0.508 e. The van der Waals surface area contributed by atoms with Crippen molar-refractivity contribution in [1.82, 2.24) is 10.2 Å². The molecule has 0 aliphatic carbocycles. The Hall–Kier alpha value is -1.06. The Morgan fingerprint density at radius 3 is 2.95 bits per heavy atom. The zero-order valence-corrected chi connectivity index (χ0v) is 12.3. The molecule has 1 aromatic carbocycles. The van der Waals surface area contributed by atoms with E-state index in [0.717, 1.165) is 24.2 Å². The summed E-state index contributed by atoms with van der Waals surface area (Å²) >= 11 is 0. The number of nitrogens with zero attached hydrogens (tertiary/aromatic N) is 1. The van der Waals surface area contributed by atoms with Gasteiger partial charge in [-0.15, -0.1) is 0 Å². The van der Waals surface area contributed by atoms with E-state index in [2.05, 4.69) is 30.1 Å². The van der Waals surface area contributed by atoms with Gasteiger partial charge in [-0.25, -0.2) is 0 Å². The van der Waals surface area contributed by atoms with Crippen molar-refractivity contribution < 1.29 is 5.11 Å². The number of phenols is 1. The van der Waals surface area contributed by atoms with E-state index in [1.54, 1.807) is 0 Å². The third-order valence-electron chi connectivity index (χ3n) is 4.22. The molecule has 1 aliphatic heterocycles. The summed E-state index contributed by atoms with van der Waals surface area (Å²) in [7, 11) is 0. The number of likely N-dealkylation sites (tertiary alicyclic amines) is 1. The van der Waals surface area contributed by atoms with Gasteiger partial charge >= 0.3 is 0 Å². The van der Waals surface area contributed by atoms with Crippen molar-refractivity contribution in [2.75, 3.05) is 19.6 Å². The van der Waals surface area contributed by atoms with Gasteiger partial charge in [0.05, 0.1) is 0 Å². The molecule has 1 fully saturated rings. The molecule has 2 atom stereocenters. The van der Waals surface area contributed by atoms with Gasteiger partial charge in [0, 0.05) is 24.2 Å². The number of rotatable bonds is 5. The second kappa shape index (κ2) is 6.40. The van der Waals surface area contributed by atoms with Gasteiger partial charge in [0.15, 0.2) is 0 Å². The van der Waals surface area contributed by atoms with E-state index in [1.807, 2.05) is 19.1 Å². The van der Waals surface area contributed by atoms with Crippen molar-refractivity contribution in [3.05, 3.63) is 29.3 Å². The van der Waals surface area contributed by atoms with Gasteiger partial charge in [-0.3, -0.25) is 4.90 Å². The molecular weight excluding hydrogens is 236 g/mol. The smallest absolute Gasteiger partial charge is 0.120 e. The van der Waals surface area contributed by atoms with E-state index in [-0.39, 0.29) is 6.04 Å². The lowest BCUT2D eigenvalue weighted by atomic mass is 10.0. The predicted molar refractivity (Wildman–Crippen MR) is 79.5 cm³/mol. The van der Waals surface area contributed by atoms with Crippen molar-refractivity contribution in [3.63, 3.8) is 0 Å². The van der Waals surface area contributed by atoms with E-state index < -0.39 is 0 Å². The van der Waals surface area contributed by atoms with Crippen molar-refractivity contribution in [3.8, 4) is 5.75 Å². The number of aryl methyl sites for hydroxylation is 1. The molecule has 1 saturated heterocycles. The van der Waals surface area contributed by atoms with Crippen LogP contribution in [-0.4, -0.2) is 35.7 Å². The molecule has 2 N–H and O–H groups in total. The van der Waals surface area contributed by atoms with Crippen molar-refractivity contribution in [2.45, 2.75) is 45.7 Å². The van der Waals surface area contributed by atoms with E-state index in [0.29, 0.717) is 11.8 Å². The van der Waals surface area contributed by atoms with Crippen LogP contribution in [0.3, 0.4) is 0 Å². The Labute approximate surface area is 116 Å². The summed E-state index contributed by atoms with van der Waals surface area (Å²) in [5, 5.41) is 13.6. The third-order valence-corrected chi connectivity index (χ3v) is 4.22. The molecule has 2 unspecified atom stereocenters. The minimum absolute atomic E-state index is 0.194. The Morgan fingerprint density at radius 2 is 2.26 bits per heavy atom. The van der Waals surface area contributed by atoms with E-state index in [4.69, 9.17) is 0 Å². The number of likely N-dealkylation sites (N-methyl/N-ethyl adjacent to an activating group) is 1. The normalized spacial score (nSPS) is 21.7. The van der Waals surface area contributed by atoms with Crippen molar-refractivity contribution in [2.24, 2.45) is 0 Å². The molecule has 0 spiro atoms. The van der Waals surface area contributed by atoms with Crippen LogP contribution in [-0.2, 0) is 0 Å². The highest BCUT2D eigenvalue weighted by Gasteiger charge is 2.23. The molecule has 106 valence electrons. The molecule has 1 aliphatic rings. The lowest BCUT2D eigenvalue weighted by Crippen LogP contribution is -2.38. The molecule has 2 rings (SSSR count). The van der Waals surface area contributed by atoms with Crippen LogP contribution in [0.15, 0.2) is 18.2 Å². The van der Waals surface area contributed by atoms with Gasteiger partial charge in [-0.1, -0.05) is 19.1 Å². The first kappa shape index (κ1) is 14.4. The van der Waals surface area contributed by atoms with Gasteiger partial charge in [0.25, 0.3) is 0 Å². The van der Waals surface area contributed by atoms with E-state index in [1.165, 1.54) is 19.4 Å². The van der Waals surface area contributed by atoms with Crippen LogP contribution in [0, 0.1) is 6.92 Å². The topological polar surface area (TPSA) is 35.5 Å². The molecule has 0 radical (unpaired) electrons. The van der Waals surface area contributed by atoms with Crippen LogP contribution in [0.25, 0.3) is 0 Å². The molecule has 19 heavy (non-hydrogen) atoms. The Morgan fingerprint density at radius 1 is 1.47 bits per heavy atom. The number of hydrogen-bond acceptors (Lipinski definition) is 3. The highest BCUT2D eigenvalue weighted by atomic mass is 16.3. The average Bonchev–Trinajstić information content (AvgIpc) is 2.83. The maximum atomic E-state index is 10.0. The first-order valence-electron chi connectivity index (χ1n) is 7.38. The summed E-state index contributed by atoms with van der Waals surface area (Å²) in [5.74, 6) is 0.402. The second-order valence-electron chi connectivity index (χ2n) is 5.62. The Bertz CT molecular complexity index is 419. The zero-order chi connectivity index (χ0) is 13.8. The summed E-state index contributed by atoms with van der Waals surface area (Å²) in [6.07, 6.45) is 2.60. The Kier molecular flexibility index (Phi) is 4.83. The van der Waals surface area contributed by atoms with Gasteiger partial charge in [0.2, 0.25) is 0 Å². The average molecular weight is 262 g/mol. The molecule has 0 amide bonds. The summed E-state index contributed by atoms with van der Waals surface area (Å²) in [6, 6.07) is 6.76. The highest BCUT2D eigenvalue weighted by molar-refractivity contribution is 5.37. The summed E-state index contributed by atoms with van der Waals surface area (Å²) in [4.78, 5) is 2.54. The maximum absolute atomic E-state index is 10.0. The lowest BCUT2D eigenvalue weighted by molar-refractivity contribution is 0.255. The fourth-order valence-corrected chi connectivity index (χ4v) is 2.99. The monoisotopic (exact) mass is 262 g/mol. The van der Waals surface area contributed by atoms with E-state index >= 15 is 0 Å². The molecule has 0 saturated carbocycles. The third kappa shape index (κ3) is 3.48. The SMILES string of the molecule is CCN1CCCC1CNC(C)c1ccc(C)cc1O. The fourth-order valence-electron chi connectivity index (χ4n) is 2.99. The van der Waals surface area contributed by atoms with Crippen LogP contribution >= 0.6 is 0 Å². The van der Waals surface area contributed by atoms with Crippen molar-refractivity contribution in [1.29, 1.82) is 0 Å². The first-order valence-corrected chi connectivity index (χ1v) is 7.38. The maximum Gasteiger partial charge on any atom is 0.120 e. The summed E-state index contributed by atoms with van der Waals surface area (Å²) in [6.45, 7) is 9.72. The van der Waals surface area contributed by atoms with Gasteiger partial charge < -0.3 is 10.4 Å². The molecule has 0 aromatic heterocycles. The van der Waals surface area contributed by atoms with Gasteiger partial charge in [0.1, 0.15) is 5.75 Å². The predicted octanol–water partition coefficient (Wildman–Crippen LogP) is 2.84. The van der Waals surface area contributed by atoms with Crippen LogP contribution < -0.4 is 5.32 Å². The standard InChI is InChI=1S/C16H26N2O/c1-4-18-9-5-6-14(18)11-17-13(3)15-8-7-12(2)10-16(15)19/h7-8,10,13-14,17,19H,4-6,9,11H2,1-3H3. The quantitative estimate of drug-likeness (QED) is 0.856. The van der Waals surface area contributed by atoms with Crippen LogP contribution in [0.5, 0.6) is 5.75 Å². The number of nitrogens with one attached hydrogen (secondary N) is 1. The summed E-state index contributed by atoms with van der Waals surface area (Å²) in [5.41, 5.74) is 2.09.